The van der Waals surface area contributed by atoms with Gasteiger partial charge in [-0.3, -0.25) is 9.69 Å². The Morgan fingerprint density at radius 3 is 2.76 bits per heavy atom. The Labute approximate surface area is 124 Å². The fourth-order valence-corrected chi connectivity index (χ4v) is 3.30. The van der Waals surface area contributed by atoms with Crippen molar-refractivity contribution in [1.29, 1.82) is 0 Å². The van der Waals surface area contributed by atoms with Gasteiger partial charge in [0, 0.05) is 13.1 Å². The molecule has 2 heterocycles. The van der Waals surface area contributed by atoms with Gasteiger partial charge in [-0.2, -0.15) is 0 Å². The van der Waals surface area contributed by atoms with Crippen LogP contribution in [0.4, 0.5) is 4.79 Å². The minimum Gasteiger partial charge on any atom is -0.445 e. The van der Waals surface area contributed by atoms with E-state index >= 15 is 0 Å². The van der Waals surface area contributed by atoms with Gasteiger partial charge in [-0.1, -0.05) is 30.3 Å². The van der Waals surface area contributed by atoms with Crippen LogP contribution in [-0.4, -0.2) is 35.5 Å². The lowest BCUT2D eigenvalue weighted by Crippen LogP contribution is -2.60. The topological polar surface area (TPSA) is 58.6 Å². The molecule has 2 saturated heterocycles. The van der Waals surface area contributed by atoms with E-state index in [0.29, 0.717) is 13.1 Å². The minimum atomic E-state index is -0.675. The third-order valence-electron chi connectivity index (χ3n) is 4.39. The van der Waals surface area contributed by atoms with Gasteiger partial charge in [0.2, 0.25) is 5.91 Å². The molecule has 1 spiro atoms. The van der Waals surface area contributed by atoms with E-state index in [2.05, 4.69) is 5.32 Å². The Bertz CT molecular complexity index is 532. The van der Waals surface area contributed by atoms with Gasteiger partial charge < -0.3 is 10.1 Å². The zero-order valence-corrected chi connectivity index (χ0v) is 12.0. The molecule has 1 unspecified atom stereocenters. The molecule has 1 N–H and O–H groups in total. The first-order valence-corrected chi connectivity index (χ1v) is 7.49. The molecule has 0 aliphatic carbocycles. The van der Waals surface area contributed by atoms with Gasteiger partial charge in [-0.25, -0.2) is 4.79 Å². The normalized spacial score (nSPS) is 25.0. The zero-order valence-electron chi connectivity index (χ0n) is 12.0. The molecule has 21 heavy (non-hydrogen) atoms. The van der Waals surface area contributed by atoms with Crippen molar-refractivity contribution in [1.82, 2.24) is 10.2 Å². The summed E-state index contributed by atoms with van der Waals surface area (Å²) in [6.45, 7) is 1.54. The van der Waals surface area contributed by atoms with E-state index in [0.717, 1.165) is 31.2 Å². The fraction of sp³-hybridized carbons (Fsp3) is 0.500. The number of carbonyl (C=O) groups is 2. The number of rotatable bonds is 2. The van der Waals surface area contributed by atoms with Crippen LogP contribution in [0.1, 0.15) is 31.2 Å². The van der Waals surface area contributed by atoms with E-state index in [4.69, 9.17) is 4.74 Å². The second-order valence-corrected chi connectivity index (χ2v) is 5.69. The molecule has 0 radical (unpaired) electrons. The molecular weight excluding hydrogens is 268 g/mol. The van der Waals surface area contributed by atoms with Crippen molar-refractivity contribution in [2.24, 2.45) is 0 Å². The summed E-state index contributed by atoms with van der Waals surface area (Å²) in [5, 5.41) is 2.89. The van der Waals surface area contributed by atoms with Crippen molar-refractivity contribution in [3.05, 3.63) is 35.9 Å². The Morgan fingerprint density at radius 1 is 1.24 bits per heavy atom. The monoisotopic (exact) mass is 288 g/mol. The van der Waals surface area contributed by atoms with Crippen LogP contribution in [0, 0.1) is 0 Å². The number of hydrogen-bond acceptors (Lipinski definition) is 3. The predicted molar refractivity (Wildman–Crippen MR) is 77.5 cm³/mol. The number of carbonyl (C=O) groups excluding carboxylic acids is 2. The molecule has 2 aliphatic heterocycles. The molecule has 3 rings (SSSR count). The SMILES string of the molecule is O=C(OCc1ccccc1)N1CCCC12CCCNC2=O. The maximum absolute atomic E-state index is 12.4. The van der Waals surface area contributed by atoms with E-state index < -0.39 is 5.54 Å². The number of piperidine rings is 1. The van der Waals surface area contributed by atoms with Crippen molar-refractivity contribution in [2.45, 2.75) is 37.8 Å². The van der Waals surface area contributed by atoms with Gasteiger partial charge in [-0.05, 0) is 31.2 Å². The highest BCUT2D eigenvalue weighted by molar-refractivity contribution is 5.91. The van der Waals surface area contributed by atoms with Gasteiger partial charge in [0.15, 0.2) is 0 Å². The standard InChI is InChI=1S/C16H20N2O3/c19-14-16(8-4-10-17-14)9-5-11-18(16)15(20)21-12-13-6-2-1-3-7-13/h1-3,6-7H,4-5,8-12H2,(H,17,19). The number of benzene rings is 1. The third-order valence-corrected chi connectivity index (χ3v) is 4.39. The summed E-state index contributed by atoms with van der Waals surface area (Å²) in [7, 11) is 0. The van der Waals surface area contributed by atoms with Gasteiger partial charge >= 0.3 is 6.09 Å². The second kappa shape index (κ2) is 5.76. The molecule has 2 amide bonds. The minimum absolute atomic E-state index is 0.0251. The van der Waals surface area contributed by atoms with Gasteiger partial charge in [0.25, 0.3) is 0 Å². The van der Waals surface area contributed by atoms with Crippen LogP contribution >= 0.6 is 0 Å². The lowest BCUT2D eigenvalue weighted by Gasteiger charge is -2.39. The summed E-state index contributed by atoms with van der Waals surface area (Å²) in [6, 6.07) is 9.58. The van der Waals surface area contributed by atoms with Gasteiger partial charge in [0.05, 0.1) is 0 Å². The Morgan fingerprint density at radius 2 is 2.00 bits per heavy atom. The average molecular weight is 288 g/mol. The zero-order chi connectivity index (χ0) is 14.7. The molecular formula is C16H20N2O3. The quantitative estimate of drug-likeness (QED) is 0.906. The second-order valence-electron chi connectivity index (χ2n) is 5.69. The molecule has 1 aromatic rings. The molecule has 1 aromatic carbocycles. The lowest BCUT2D eigenvalue weighted by atomic mass is 9.87. The highest BCUT2D eigenvalue weighted by Gasteiger charge is 2.51. The molecule has 5 heteroatoms. The molecule has 1 atom stereocenters. The van der Waals surface area contributed by atoms with Crippen molar-refractivity contribution >= 4 is 12.0 Å². The average Bonchev–Trinajstić information content (AvgIpc) is 2.94. The van der Waals surface area contributed by atoms with Crippen molar-refractivity contribution in [3.63, 3.8) is 0 Å². The van der Waals surface area contributed by atoms with Crippen LogP contribution < -0.4 is 5.32 Å². The first-order valence-electron chi connectivity index (χ1n) is 7.49. The maximum atomic E-state index is 12.4. The number of hydrogen-bond donors (Lipinski definition) is 1. The van der Waals surface area contributed by atoms with E-state index in [1.807, 2.05) is 30.3 Å². The maximum Gasteiger partial charge on any atom is 0.411 e. The number of nitrogens with zero attached hydrogens (tertiary/aromatic N) is 1. The predicted octanol–water partition coefficient (Wildman–Crippen LogP) is 2.07. The summed E-state index contributed by atoms with van der Waals surface area (Å²) < 4.78 is 5.39. The summed E-state index contributed by atoms with van der Waals surface area (Å²) in [4.78, 5) is 26.2. The van der Waals surface area contributed by atoms with Gasteiger partial charge in [0.1, 0.15) is 12.1 Å². The van der Waals surface area contributed by atoms with E-state index in [1.54, 1.807) is 4.90 Å². The largest absolute Gasteiger partial charge is 0.445 e. The van der Waals surface area contributed by atoms with Crippen LogP contribution in [-0.2, 0) is 16.1 Å². The van der Waals surface area contributed by atoms with Crippen molar-refractivity contribution in [3.8, 4) is 0 Å². The number of ether oxygens (including phenoxy) is 1. The van der Waals surface area contributed by atoms with E-state index in [-0.39, 0.29) is 18.6 Å². The Balaban J connectivity index is 1.67. The van der Waals surface area contributed by atoms with Crippen molar-refractivity contribution < 1.29 is 14.3 Å². The lowest BCUT2D eigenvalue weighted by molar-refractivity contribution is -0.133. The van der Waals surface area contributed by atoms with Crippen molar-refractivity contribution in [2.75, 3.05) is 13.1 Å². The summed E-state index contributed by atoms with van der Waals surface area (Å²) >= 11 is 0. The Kier molecular flexibility index (Phi) is 3.82. The molecule has 0 bridgehead atoms. The number of amides is 2. The number of likely N-dealkylation sites (tertiary alicyclic amines) is 1. The molecule has 0 aromatic heterocycles. The van der Waals surface area contributed by atoms with Gasteiger partial charge in [-0.15, -0.1) is 0 Å². The van der Waals surface area contributed by atoms with Crippen LogP contribution in [0.15, 0.2) is 30.3 Å². The van der Waals surface area contributed by atoms with Crippen LogP contribution in [0.2, 0.25) is 0 Å². The fourth-order valence-electron chi connectivity index (χ4n) is 3.30. The van der Waals surface area contributed by atoms with Crippen LogP contribution in [0.25, 0.3) is 0 Å². The summed E-state index contributed by atoms with van der Waals surface area (Å²) in [5.74, 6) is -0.0251. The van der Waals surface area contributed by atoms with E-state index in [9.17, 15) is 9.59 Å². The molecule has 0 saturated carbocycles. The molecule has 2 fully saturated rings. The first kappa shape index (κ1) is 13.9. The molecule has 5 nitrogen and oxygen atoms in total. The summed E-state index contributed by atoms with van der Waals surface area (Å²) in [5.41, 5.74) is 0.277. The number of nitrogens with one attached hydrogen (secondary N) is 1. The highest BCUT2D eigenvalue weighted by Crippen LogP contribution is 2.36. The first-order chi connectivity index (χ1) is 10.2. The van der Waals surface area contributed by atoms with Crippen LogP contribution in [0.3, 0.4) is 0 Å². The van der Waals surface area contributed by atoms with Crippen LogP contribution in [0.5, 0.6) is 0 Å². The molecule has 112 valence electrons. The van der Waals surface area contributed by atoms with E-state index in [1.165, 1.54) is 0 Å². The third kappa shape index (κ3) is 2.60. The summed E-state index contributed by atoms with van der Waals surface area (Å²) in [6.07, 6.45) is 2.86. The smallest absolute Gasteiger partial charge is 0.411 e. The highest BCUT2D eigenvalue weighted by atomic mass is 16.6. The molecule has 2 aliphatic rings. The Hall–Kier alpha value is -2.04.